The molecule has 1 atom stereocenters. The highest BCUT2D eigenvalue weighted by Crippen LogP contribution is 2.18. The lowest BCUT2D eigenvalue weighted by molar-refractivity contribution is 0.613. The summed E-state index contributed by atoms with van der Waals surface area (Å²) in [7, 11) is 0. The van der Waals surface area contributed by atoms with E-state index >= 15 is 0 Å². The van der Waals surface area contributed by atoms with Crippen LogP contribution in [0.4, 0.5) is 0 Å². The Balaban J connectivity index is 2.29. The van der Waals surface area contributed by atoms with Gasteiger partial charge in [-0.25, -0.2) is 10.4 Å². The highest BCUT2D eigenvalue weighted by molar-refractivity contribution is 7.07. The lowest BCUT2D eigenvalue weighted by Crippen LogP contribution is -2.29. The number of hydrogen-bond acceptors (Lipinski definition) is 7. The van der Waals surface area contributed by atoms with Gasteiger partial charge in [-0.2, -0.15) is 8.75 Å². The van der Waals surface area contributed by atoms with E-state index in [1.165, 1.54) is 11.3 Å². The maximum Gasteiger partial charge on any atom is 0.109 e. The number of nitrogens with two attached hydrogens (primary N) is 1. The number of aromatic nitrogens is 3. The fraction of sp³-hybridized carbons (Fsp3) is 0.167. The summed E-state index contributed by atoms with van der Waals surface area (Å²) in [5, 5.41) is 1.93. The van der Waals surface area contributed by atoms with Crippen molar-refractivity contribution in [3.8, 4) is 0 Å². The van der Waals surface area contributed by atoms with E-state index in [-0.39, 0.29) is 6.04 Å². The zero-order valence-electron chi connectivity index (χ0n) is 6.54. The van der Waals surface area contributed by atoms with Gasteiger partial charge in [-0.3, -0.25) is 5.84 Å². The number of hydrazine groups is 1. The molecule has 1 unspecified atom stereocenters. The van der Waals surface area contributed by atoms with Crippen LogP contribution in [0.3, 0.4) is 0 Å². The summed E-state index contributed by atoms with van der Waals surface area (Å²) in [5.41, 5.74) is 6.10. The van der Waals surface area contributed by atoms with E-state index in [0.717, 1.165) is 23.1 Å². The van der Waals surface area contributed by atoms with E-state index in [1.807, 2.05) is 5.38 Å². The quantitative estimate of drug-likeness (QED) is 0.575. The maximum absolute atomic E-state index is 5.41. The molecule has 5 nitrogen and oxygen atoms in total. The molecule has 0 aliphatic carbocycles. The molecule has 0 aliphatic heterocycles. The predicted molar refractivity (Wildman–Crippen MR) is 51.2 cm³/mol. The number of nitrogens with zero attached hydrogens (tertiary/aromatic N) is 3. The Morgan fingerprint density at radius 3 is 2.92 bits per heavy atom. The molecular formula is C6H7N5S2. The minimum absolute atomic E-state index is 0.148. The van der Waals surface area contributed by atoms with Crippen molar-refractivity contribution in [2.24, 2.45) is 5.84 Å². The van der Waals surface area contributed by atoms with Gasteiger partial charge >= 0.3 is 0 Å². The second-order valence-electron chi connectivity index (χ2n) is 2.35. The van der Waals surface area contributed by atoms with Gasteiger partial charge in [-0.05, 0) is 0 Å². The van der Waals surface area contributed by atoms with E-state index in [4.69, 9.17) is 5.84 Å². The first-order valence-electron chi connectivity index (χ1n) is 3.53. The fourth-order valence-electron chi connectivity index (χ4n) is 0.986. The molecular weight excluding hydrogens is 206 g/mol. The van der Waals surface area contributed by atoms with Gasteiger partial charge in [0.1, 0.15) is 6.04 Å². The van der Waals surface area contributed by atoms with Gasteiger partial charge in [0.25, 0.3) is 0 Å². The van der Waals surface area contributed by atoms with Gasteiger partial charge in [0.05, 0.1) is 34.8 Å². The highest BCUT2D eigenvalue weighted by Gasteiger charge is 2.16. The molecule has 0 saturated heterocycles. The molecule has 0 amide bonds. The van der Waals surface area contributed by atoms with Crippen molar-refractivity contribution < 1.29 is 0 Å². The molecule has 0 spiro atoms. The lowest BCUT2D eigenvalue weighted by atomic mass is 10.2. The average Bonchev–Trinajstić information content (AvgIpc) is 2.76. The minimum atomic E-state index is -0.148. The SMILES string of the molecule is NNC(c1cscn1)c1cnsn1. The maximum atomic E-state index is 5.41. The summed E-state index contributed by atoms with van der Waals surface area (Å²) in [6, 6.07) is -0.148. The van der Waals surface area contributed by atoms with Crippen molar-refractivity contribution in [2.45, 2.75) is 6.04 Å². The number of rotatable bonds is 3. The van der Waals surface area contributed by atoms with Crippen LogP contribution in [0.2, 0.25) is 0 Å². The van der Waals surface area contributed by atoms with Crippen molar-refractivity contribution in [3.05, 3.63) is 28.5 Å². The normalized spacial score (nSPS) is 13.0. The molecule has 0 fully saturated rings. The Hall–Kier alpha value is -0.890. The zero-order valence-corrected chi connectivity index (χ0v) is 8.18. The molecule has 68 valence electrons. The third-order valence-corrected chi connectivity index (χ3v) is 2.68. The monoisotopic (exact) mass is 213 g/mol. The van der Waals surface area contributed by atoms with Crippen molar-refractivity contribution in [1.29, 1.82) is 0 Å². The van der Waals surface area contributed by atoms with Crippen LogP contribution in [0.5, 0.6) is 0 Å². The summed E-state index contributed by atoms with van der Waals surface area (Å²) < 4.78 is 8.01. The predicted octanol–water partition coefficient (Wildman–Crippen LogP) is 0.547. The summed E-state index contributed by atoms with van der Waals surface area (Å²) >= 11 is 2.69. The van der Waals surface area contributed by atoms with E-state index in [2.05, 4.69) is 19.2 Å². The first-order chi connectivity index (χ1) is 6.42. The van der Waals surface area contributed by atoms with Crippen LogP contribution in [0.25, 0.3) is 0 Å². The second kappa shape index (κ2) is 3.88. The molecule has 2 aromatic heterocycles. The minimum Gasteiger partial charge on any atom is -0.270 e. The van der Waals surface area contributed by atoms with Crippen molar-refractivity contribution in [1.82, 2.24) is 19.2 Å². The molecule has 0 aliphatic rings. The van der Waals surface area contributed by atoms with E-state index in [0.29, 0.717) is 0 Å². The van der Waals surface area contributed by atoms with Gasteiger partial charge in [0, 0.05) is 5.38 Å². The molecule has 2 heterocycles. The van der Waals surface area contributed by atoms with Crippen LogP contribution in [0.1, 0.15) is 17.4 Å². The molecule has 0 aromatic carbocycles. The van der Waals surface area contributed by atoms with Crippen LogP contribution in [0, 0.1) is 0 Å². The first-order valence-corrected chi connectivity index (χ1v) is 5.21. The Labute approximate surface area is 82.9 Å². The molecule has 3 N–H and O–H groups in total. The summed E-state index contributed by atoms with van der Waals surface area (Å²) in [5.74, 6) is 5.41. The summed E-state index contributed by atoms with van der Waals surface area (Å²) in [6.07, 6.45) is 1.69. The Kier molecular flexibility index (Phi) is 2.60. The van der Waals surface area contributed by atoms with Crippen LogP contribution in [-0.4, -0.2) is 13.7 Å². The number of thiazole rings is 1. The van der Waals surface area contributed by atoms with Crippen LogP contribution in [0.15, 0.2) is 17.1 Å². The Morgan fingerprint density at radius 1 is 1.46 bits per heavy atom. The first kappa shape index (κ1) is 8.70. The lowest BCUT2D eigenvalue weighted by Gasteiger charge is -2.08. The molecule has 7 heteroatoms. The number of nitrogens with one attached hydrogen (secondary N) is 1. The molecule has 2 aromatic rings. The summed E-state index contributed by atoms with van der Waals surface area (Å²) in [4.78, 5) is 4.16. The van der Waals surface area contributed by atoms with Gasteiger partial charge in [-0.15, -0.1) is 11.3 Å². The molecule has 2 rings (SSSR count). The molecule has 0 bridgehead atoms. The van der Waals surface area contributed by atoms with E-state index in [9.17, 15) is 0 Å². The molecule has 0 radical (unpaired) electrons. The number of hydrogen-bond donors (Lipinski definition) is 2. The zero-order chi connectivity index (χ0) is 9.10. The van der Waals surface area contributed by atoms with Crippen LogP contribution < -0.4 is 11.3 Å². The summed E-state index contributed by atoms with van der Waals surface area (Å²) in [6.45, 7) is 0. The van der Waals surface area contributed by atoms with Gasteiger partial charge < -0.3 is 0 Å². The average molecular weight is 213 g/mol. The Morgan fingerprint density at radius 2 is 2.38 bits per heavy atom. The molecule has 13 heavy (non-hydrogen) atoms. The van der Waals surface area contributed by atoms with Crippen LogP contribution >= 0.6 is 23.1 Å². The fourth-order valence-corrected chi connectivity index (χ4v) is 2.01. The highest BCUT2D eigenvalue weighted by atomic mass is 32.1. The topological polar surface area (TPSA) is 76.7 Å². The van der Waals surface area contributed by atoms with E-state index in [1.54, 1.807) is 11.7 Å². The van der Waals surface area contributed by atoms with E-state index < -0.39 is 0 Å². The van der Waals surface area contributed by atoms with Crippen molar-refractivity contribution >= 4 is 23.1 Å². The van der Waals surface area contributed by atoms with Gasteiger partial charge in [0.2, 0.25) is 0 Å². The largest absolute Gasteiger partial charge is 0.270 e. The second-order valence-corrected chi connectivity index (χ2v) is 3.62. The van der Waals surface area contributed by atoms with Gasteiger partial charge in [-0.1, -0.05) is 0 Å². The van der Waals surface area contributed by atoms with Crippen molar-refractivity contribution in [2.75, 3.05) is 0 Å². The van der Waals surface area contributed by atoms with Crippen molar-refractivity contribution in [3.63, 3.8) is 0 Å². The van der Waals surface area contributed by atoms with Crippen LogP contribution in [-0.2, 0) is 0 Å². The Bertz CT molecular complexity index is 309. The molecule has 0 saturated carbocycles. The van der Waals surface area contributed by atoms with Gasteiger partial charge in [0.15, 0.2) is 0 Å². The third-order valence-electron chi connectivity index (χ3n) is 1.59. The standard InChI is InChI=1S/C6H7N5S2/c7-10-6(4-1-9-13-11-4)5-2-12-3-8-5/h1-3,6,10H,7H2. The third kappa shape index (κ3) is 1.73. The smallest absolute Gasteiger partial charge is 0.109 e.